The van der Waals surface area contributed by atoms with Crippen LogP contribution < -0.4 is 5.73 Å². The van der Waals surface area contributed by atoms with E-state index in [1.165, 1.54) is 6.20 Å². The van der Waals surface area contributed by atoms with Crippen molar-refractivity contribution >= 4 is 0 Å². The molecule has 0 aromatic heterocycles. The molecule has 0 aliphatic carbocycles. The molecule has 0 aliphatic heterocycles. The highest BCUT2D eigenvalue weighted by Crippen LogP contribution is 2.05. The fraction of sp³-hybridized carbons (Fsp3) is 0.111. The van der Waals surface area contributed by atoms with Gasteiger partial charge in [0.05, 0.1) is 0 Å². The summed E-state index contributed by atoms with van der Waals surface area (Å²) >= 11 is 0. The molecule has 0 atom stereocenters. The molecule has 0 aliphatic rings. The summed E-state index contributed by atoms with van der Waals surface area (Å²) in [6.45, 7) is 9.23. The highest BCUT2D eigenvalue weighted by Gasteiger charge is 1.87. The van der Waals surface area contributed by atoms with E-state index in [-0.39, 0.29) is 0 Å². The molecule has 0 rings (SSSR count). The highest BCUT2D eigenvalue weighted by atomic mass is 14.5. The second-order valence-corrected chi connectivity index (χ2v) is 1.97. The molecule has 0 aromatic rings. The summed E-state index contributed by atoms with van der Waals surface area (Å²) < 4.78 is 0. The summed E-state index contributed by atoms with van der Waals surface area (Å²) in [6.07, 6.45) is 6.94. The van der Waals surface area contributed by atoms with Crippen LogP contribution in [0.4, 0.5) is 0 Å². The Kier molecular flexibility index (Phi) is 4.05. The molecular weight excluding hydrogens is 122 g/mol. The van der Waals surface area contributed by atoms with Crippen LogP contribution in [0.3, 0.4) is 0 Å². The van der Waals surface area contributed by atoms with Crippen molar-refractivity contribution < 1.29 is 0 Å². The summed E-state index contributed by atoms with van der Waals surface area (Å²) in [5.41, 5.74) is 7.17. The molecule has 0 bridgehead atoms. The predicted octanol–water partition coefficient (Wildman–Crippen LogP) is 2.15. The van der Waals surface area contributed by atoms with E-state index in [4.69, 9.17) is 5.73 Å². The summed E-state index contributed by atoms with van der Waals surface area (Å²) in [5, 5.41) is 0. The summed E-state index contributed by atoms with van der Waals surface area (Å²) in [4.78, 5) is 0. The molecule has 0 radical (unpaired) electrons. The minimum absolute atomic E-state index is 0.919. The minimum atomic E-state index is 0.919. The maximum Gasteiger partial charge on any atom is -0.00267 e. The van der Waals surface area contributed by atoms with Gasteiger partial charge < -0.3 is 5.73 Å². The van der Waals surface area contributed by atoms with Gasteiger partial charge in [-0.25, -0.2) is 0 Å². The lowest BCUT2D eigenvalue weighted by molar-refractivity contribution is 1.38. The average Bonchev–Trinajstić information content (AvgIpc) is 1.98. The van der Waals surface area contributed by atoms with E-state index in [1.54, 1.807) is 6.08 Å². The summed E-state index contributed by atoms with van der Waals surface area (Å²) in [6, 6.07) is 0. The third-order valence-electron chi connectivity index (χ3n) is 1.19. The summed E-state index contributed by atoms with van der Waals surface area (Å²) in [5.74, 6) is 0. The number of hydrogen-bond donors (Lipinski definition) is 1. The van der Waals surface area contributed by atoms with Crippen LogP contribution in [0.2, 0.25) is 0 Å². The molecule has 0 spiro atoms. The second-order valence-electron chi connectivity index (χ2n) is 1.97. The number of rotatable bonds is 3. The van der Waals surface area contributed by atoms with Crippen LogP contribution >= 0.6 is 0 Å². The Bertz CT molecular complexity index is 185. The lowest BCUT2D eigenvalue weighted by atomic mass is 10.1. The first-order valence-electron chi connectivity index (χ1n) is 3.09. The highest BCUT2D eigenvalue weighted by molar-refractivity contribution is 5.36. The molecule has 0 saturated heterocycles. The van der Waals surface area contributed by atoms with Gasteiger partial charge in [-0.3, -0.25) is 0 Å². The van der Waals surface area contributed by atoms with Crippen LogP contribution in [0.5, 0.6) is 0 Å². The van der Waals surface area contributed by atoms with Crippen LogP contribution in [0, 0.1) is 0 Å². The Labute approximate surface area is 62.2 Å². The maximum absolute atomic E-state index is 5.26. The fourth-order valence-electron chi connectivity index (χ4n) is 0.423. The Morgan fingerprint density at radius 2 is 2.10 bits per heavy atom. The van der Waals surface area contributed by atoms with E-state index in [1.807, 2.05) is 19.1 Å². The van der Waals surface area contributed by atoms with Crippen molar-refractivity contribution in [1.82, 2.24) is 0 Å². The first-order chi connectivity index (χ1) is 4.72. The van der Waals surface area contributed by atoms with Gasteiger partial charge in [0, 0.05) is 0 Å². The lowest BCUT2D eigenvalue weighted by Gasteiger charge is -1.95. The Morgan fingerprint density at radius 1 is 1.50 bits per heavy atom. The zero-order valence-electron chi connectivity index (χ0n) is 6.30. The van der Waals surface area contributed by atoms with E-state index in [0.717, 1.165) is 11.1 Å². The Morgan fingerprint density at radius 3 is 2.50 bits per heavy atom. The van der Waals surface area contributed by atoms with Crippen LogP contribution in [-0.2, 0) is 0 Å². The topological polar surface area (TPSA) is 26.0 Å². The first-order valence-corrected chi connectivity index (χ1v) is 3.09. The van der Waals surface area contributed by atoms with Gasteiger partial charge in [0.2, 0.25) is 0 Å². The molecule has 0 unspecified atom stereocenters. The molecule has 0 fully saturated rings. The first kappa shape index (κ1) is 8.76. The smallest absolute Gasteiger partial charge is 0.00267 e. The maximum atomic E-state index is 5.26. The number of hydrogen-bond acceptors (Lipinski definition) is 1. The van der Waals surface area contributed by atoms with Gasteiger partial charge in [-0.2, -0.15) is 0 Å². The third kappa shape index (κ3) is 2.92. The van der Waals surface area contributed by atoms with Crippen LogP contribution in [-0.4, -0.2) is 0 Å². The van der Waals surface area contributed by atoms with Crippen molar-refractivity contribution in [3.63, 3.8) is 0 Å². The van der Waals surface area contributed by atoms with E-state index in [0.29, 0.717) is 0 Å². The molecule has 1 nitrogen and oxygen atoms in total. The van der Waals surface area contributed by atoms with Crippen molar-refractivity contribution in [2.45, 2.75) is 6.92 Å². The van der Waals surface area contributed by atoms with E-state index in [2.05, 4.69) is 13.2 Å². The van der Waals surface area contributed by atoms with Crippen LogP contribution in [0.15, 0.2) is 48.7 Å². The minimum Gasteiger partial charge on any atom is -0.404 e. The third-order valence-corrected chi connectivity index (χ3v) is 1.19. The molecule has 0 amide bonds. The monoisotopic (exact) mass is 135 g/mol. The van der Waals surface area contributed by atoms with Crippen molar-refractivity contribution in [2.75, 3.05) is 0 Å². The standard InChI is InChI=1S/C9H13N/c1-4-5-6-8(2)9(3)7-10/h4-7H,1-2,10H2,3H3. The SMILES string of the molecule is C=CC=CC(=C)C(C)=CN. The second kappa shape index (κ2) is 4.62. The Balaban J connectivity index is 4.10. The number of nitrogens with two attached hydrogens (primary N) is 1. The molecule has 0 aromatic carbocycles. The van der Waals surface area contributed by atoms with Gasteiger partial charge in [0.15, 0.2) is 0 Å². The largest absolute Gasteiger partial charge is 0.404 e. The molecule has 1 heteroatoms. The van der Waals surface area contributed by atoms with Crippen molar-refractivity contribution in [1.29, 1.82) is 0 Å². The van der Waals surface area contributed by atoms with Crippen LogP contribution in [0.1, 0.15) is 6.92 Å². The lowest BCUT2D eigenvalue weighted by Crippen LogP contribution is -1.85. The Hall–Kier alpha value is -1.24. The van der Waals surface area contributed by atoms with Gasteiger partial charge in [0.25, 0.3) is 0 Å². The molecule has 10 heavy (non-hydrogen) atoms. The number of allylic oxidation sites excluding steroid dienone is 5. The van der Waals surface area contributed by atoms with Gasteiger partial charge in [-0.15, -0.1) is 0 Å². The molecule has 0 heterocycles. The molecule has 54 valence electrons. The predicted molar refractivity (Wildman–Crippen MR) is 46.4 cm³/mol. The zero-order valence-corrected chi connectivity index (χ0v) is 6.30. The van der Waals surface area contributed by atoms with E-state index >= 15 is 0 Å². The van der Waals surface area contributed by atoms with Gasteiger partial charge in [-0.1, -0.05) is 31.4 Å². The summed E-state index contributed by atoms with van der Waals surface area (Å²) in [7, 11) is 0. The van der Waals surface area contributed by atoms with E-state index in [9.17, 15) is 0 Å². The van der Waals surface area contributed by atoms with Crippen molar-refractivity contribution in [3.05, 3.63) is 48.7 Å². The fourth-order valence-corrected chi connectivity index (χ4v) is 0.423. The molecular formula is C9H13N. The normalized spacial score (nSPS) is 11.9. The van der Waals surface area contributed by atoms with Gasteiger partial charge in [-0.05, 0) is 24.3 Å². The van der Waals surface area contributed by atoms with Crippen molar-refractivity contribution in [2.24, 2.45) is 5.73 Å². The van der Waals surface area contributed by atoms with Gasteiger partial charge >= 0.3 is 0 Å². The average molecular weight is 135 g/mol. The van der Waals surface area contributed by atoms with Gasteiger partial charge in [0.1, 0.15) is 0 Å². The molecule has 0 saturated carbocycles. The quantitative estimate of drug-likeness (QED) is 0.589. The molecule has 2 N–H and O–H groups in total. The van der Waals surface area contributed by atoms with Crippen LogP contribution in [0.25, 0.3) is 0 Å². The zero-order chi connectivity index (χ0) is 7.98. The van der Waals surface area contributed by atoms with Crippen molar-refractivity contribution in [3.8, 4) is 0 Å². The van der Waals surface area contributed by atoms with E-state index < -0.39 is 0 Å².